The number of ether oxygens (including phenoxy) is 1. The minimum atomic E-state index is -3.06. The summed E-state index contributed by atoms with van der Waals surface area (Å²) < 4.78 is 34.1. The van der Waals surface area contributed by atoms with Crippen molar-refractivity contribution in [2.45, 2.75) is 12.8 Å². The molecule has 0 atom stereocenters. The second-order valence-corrected chi connectivity index (χ2v) is 4.24. The van der Waals surface area contributed by atoms with Crippen molar-refractivity contribution in [2.75, 3.05) is 7.11 Å². The molecule has 8 heteroatoms. The van der Waals surface area contributed by atoms with Gasteiger partial charge in [-0.1, -0.05) is 16.8 Å². The van der Waals surface area contributed by atoms with Gasteiger partial charge in [0.05, 0.1) is 19.1 Å². The first-order chi connectivity index (χ1) is 9.51. The molecule has 20 heavy (non-hydrogen) atoms. The Hall–Kier alpha value is -2.02. The van der Waals surface area contributed by atoms with Gasteiger partial charge in [-0.05, 0) is 18.2 Å². The van der Waals surface area contributed by atoms with Crippen LogP contribution in [-0.2, 0) is 11.2 Å². The summed E-state index contributed by atoms with van der Waals surface area (Å²) in [6, 6.07) is 4.75. The van der Waals surface area contributed by atoms with E-state index in [-0.39, 0.29) is 11.7 Å². The zero-order valence-electron chi connectivity index (χ0n) is 10.3. The highest BCUT2D eigenvalue weighted by molar-refractivity contribution is 6.30. The number of aromatic nitrogens is 2. The number of nitrogens with zero attached hydrogens (tertiary/aromatic N) is 2. The summed E-state index contributed by atoms with van der Waals surface area (Å²) in [5.41, 5.74) is 0.483. The summed E-state index contributed by atoms with van der Waals surface area (Å²) in [6.07, 6.45) is -3.67. The molecule has 0 saturated heterocycles. The van der Waals surface area contributed by atoms with Crippen LogP contribution >= 0.6 is 11.6 Å². The normalized spacial score (nSPS) is 10.8. The summed E-state index contributed by atoms with van der Waals surface area (Å²) in [6.45, 7) is 0. The van der Waals surface area contributed by atoms with Crippen molar-refractivity contribution in [1.82, 2.24) is 10.1 Å². The second kappa shape index (κ2) is 5.96. The zero-order chi connectivity index (χ0) is 14.7. The summed E-state index contributed by atoms with van der Waals surface area (Å²) in [4.78, 5) is 14.8. The lowest BCUT2D eigenvalue weighted by molar-refractivity contribution is -0.129. The molecule has 0 unspecified atom stereocenters. The molecule has 1 aromatic carbocycles. The van der Waals surface area contributed by atoms with Crippen LogP contribution in [0.5, 0.6) is 5.75 Å². The first-order valence-electron chi connectivity index (χ1n) is 5.48. The number of carbonyl (C=O) groups is 1. The van der Waals surface area contributed by atoms with Gasteiger partial charge >= 0.3 is 0 Å². The Kier molecular flexibility index (Phi) is 4.29. The van der Waals surface area contributed by atoms with E-state index < -0.39 is 18.6 Å². The quantitative estimate of drug-likeness (QED) is 0.849. The van der Waals surface area contributed by atoms with Gasteiger partial charge in [0.1, 0.15) is 5.75 Å². The smallest absolute Gasteiger partial charge is 0.296 e. The topological polar surface area (TPSA) is 65.2 Å². The van der Waals surface area contributed by atoms with Crippen molar-refractivity contribution in [1.29, 1.82) is 0 Å². The maximum absolute atomic E-state index is 12.1. The van der Waals surface area contributed by atoms with Crippen LogP contribution in [-0.4, -0.2) is 29.5 Å². The number of Topliss-reactive ketones (excluding diaryl/α,β-unsaturated/α-hetero) is 1. The van der Waals surface area contributed by atoms with Gasteiger partial charge in [0.15, 0.2) is 0 Å². The third-order valence-corrected chi connectivity index (χ3v) is 2.68. The number of hydrogen-bond donors (Lipinski definition) is 0. The minimum absolute atomic E-state index is 0.135. The molecule has 0 N–H and O–H groups in total. The molecule has 5 nitrogen and oxygen atoms in total. The summed E-state index contributed by atoms with van der Waals surface area (Å²) in [7, 11) is 1.44. The predicted molar refractivity (Wildman–Crippen MR) is 66.0 cm³/mol. The number of carbonyl (C=O) groups excluding carboxylic acids is 1. The Morgan fingerprint density at radius 2 is 2.25 bits per heavy atom. The summed E-state index contributed by atoms with van der Waals surface area (Å²) in [5.74, 6) is -0.911. The molecule has 0 saturated carbocycles. The van der Waals surface area contributed by atoms with Gasteiger partial charge in [-0.3, -0.25) is 4.79 Å². The van der Waals surface area contributed by atoms with Crippen LogP contribution in [0.2, 0.25) is 5.02 Å². The molecule has 1 heterocycles. The lowest BCUT2D eigenvalue weighted by atomic mass is 10.2. The second-order valence-electron chi connectivity index (χ2n) is 3.80. The number of rotatable bonds is 5. The van der Waals surface area contributed by atoms with Gasteiger partial charge in [-0.15, -0.1) is 0 Å². The van der Waals surface area contributed by atoms with Gasteiger partial charge in [0, 0.05) is 5.02 Å². The van der Waals surface area contributed by atoms with E-state index in [1.165, 1.54) is 7.11 Å². The van der Waals surface area contributed by atoms with Crippen LogP contribution < -0.4 is 4.74 Å². The number of methoxy groups -OCH3 is 1. The van der Waals surface area contributed by atoms with E-state index in [0.29, 0.717) is 16.3 Å². The van der Waals surface area contributed by atoms with Crippen molar-refractivity contribution in [2.24, 2.45) is 0 Å². The molecule has 0 aliphatic carbocycles. The standard InChI is InChI=1S/C12H9ClF2N2O3/c1-19-9-4-6(13)2-3-7(9)12-16-10(20-17-12)5-8(18)11(14)15/h2-4,11H,5H2,1H3. The van der Waals surface area contributed by atoms with E-state index in [0.717, 1.165) is 0 Å². The molecule has 2 aromatic rings. The van der Waals surface area contributed by atoms with E-state index in [1.807, 2.05) is 0 Å². The Labute approximate surface area is 117 Å². The van der Waals surface area contributed by atoms with Crippen molar-refractivity contribution >= 4 is 17.4 Å². The number of alkyl halides is 2. The van der Waals surface area contributed by atoms with Gasteiger partial charge in [-0.25, -0.2) is 8.78 Å². The van der Waals surface area contributed by atoms with Crippen molar-refractivity contribution in [3.05, 3.63) is 29.1 Å². The third-order valence-electron chi connectivity index (χ3n) is 2.44. The largest absolute Gasteiger partial charge is 0.496 e. The van der Waals surface area contributed by atoms with Crippen LogP contribution in [0, 0.1) is 0 Å². The fourth-order valence-corrected chi connectivity index (χ4v) is 1.67. The Morgan fingerprint density at radius 3 is 2.90 bits per heavy atom. The van der Waals surface area contributed by atoms with Gasteiger partial charge in [-0.2, -0.15) is 4.98 Å². The van der Waals surface area contributed by atoms with E-state index in [9.17, 15) is 13.6 Å². The zero-order valence-corrected chi connectivity index (χ0v) is 11.0. The molecule has 0 amide bonds. The van der Waals surface area contributed by atoms with Crippen LogP contribution in [0.1, 0.15) is 5.89 Å². The predicted octanol–water partition coefficient (Wildman–Crippen LogP) is 2.78. The molecular formula is C12H9ClF2N2O3. The van der Waals surface area contributed by atoms with Crippen LogP contribution in [0.3, 0.4) is 0 Å². The maximum Gasteiger partial charge on any atom is 0.296 e. The lowest BCUT2D eigenvalue weighted by Crippen LogP contribution is -2.12. The van der Waals surface area contributed by atoms with E-state index in [2.05, 4.69) is 10.1 Å². The SMILES string of the molecule is COc1cc(Cl)ccc1-c1noc(CC(=O)C(F)F)n1. The van der Waals surface area contributed by atoms with Crippen LogP contribution in [0.15, 0.2) is 22.7 Å². The summed E-state index contributed by atoms with van der Waals surface area (Å²) >= 11 is 5.82. The van der Waals surface area contributed by atoms with Crippen molar-refractivity contribution in [3.63, 3.8) is 0 Å². The third kappa shape index (κ3) is 3.11. The molecule has 0 radical (unpaired) electrons. The first-order valence-corrected chi connectivity index (χ1v) is 5.86. The van der Waals surface area contributed by atoms with E-state index >= 15 is 0 Å². The molecule has 1 aromatic heterocycles. The lowest BCUT2D eigenvalue weighted by Gasteiger charge is -2.04. The molecule has 0 fully saturated rings. The van der Waals surface area contributed by atoms with Gasteiger partial charge < -0.3 is 9.26 Å². The molecule has 0 aliphatic heterocycles. The Bertz CT molecular complexity index is 631. The van der Waals surface area contributed by atoms with E-state index in [4.69, 9.17) is 20.9 Å². The van der Waals surface area contributed by atoms with Crippen molar-refractivity contribution < 1.29 is 22.8 Å². The molecule has 0 bridgehead atoms. The van der Waals surface area contributed by atoms with Crippen LogP contribution in [0.4, 0.5) is 8.78 Å². The number of halogens is 3. The highest BCUT2D eigenvalue weighted by Gasteiger charge is 2.20. The fourth-order valence-electron chi connectivity index (χ4n) is 1.51. The monoisotopic (exact) mass is 302 g/mol. The Balaban J connectivity index is 2.27. The Morgan fingerprint density at radius 1 is 1.50 bits per heavy atom. The number of benzene rings is 1. The molecule has 0 aliphatic rings. The van der Waals surface area contributed by atoms with Crippen molar-refractivity contribution in [3.8, 4) is 17.1 Å². The van der Waals surface area contributed by atoms with Gasteiger partial charge in [0.25, 0.3) is 6.43 Å². The van der Waals surface area contributed by atoms with Gasteiger partial charge in [0.2, 0.25) is 17.5 Å². The molecule has 2 rings (SSSR count). The average molecular weight is 303 g/mol. The molecule has 106 valence electrons. The number of ketones is 1. The summed E-state index contributed by atoms with van der Waals surface area (Å²) in [5, 5.41) is 4.09. The fraction of sp³-hybridized carbons (Fsp3) is 0.250. The molecular weight excluding hydrogens is 294 g/mol. The number of hydrogen-bond acceptors (Lipinski definition) is 5. The molecule has 0 spiro atoms. The van der Waals surface area contributed by atoms with E-state index in [1.54, 1.807) is 18.2 Å². The van der Waals surface area contributed by atoms with Crippen LogP contribution in [0.25, 0.3) is 11.4 Å². The minimum Gasteiger partial charge on any atom is -0.496 e. The highest BCUT2D eigenvalue weighted by Crippen LogP contribution is 2.30. The first kappa shape index (κ1) is 14.4. The highest BCUT2D eigenvalue weighted by atomic mass is 35.5. The maximum atomic E-state index is 12.1. The average Bonchev–Trinajstić information content (AvgIpc) is 2.86.